The number of H-pyrrole nitrogens is 1. The van der Waals surface area contributed by atoms with Crippen molar-refractivity contribution in [2.45, 2.75) is 24.8 Å². The van der Waals surface area contributed by atoms with Gasteiger partial charge in [-0.15, -0.1) is 0 Å². The van der Waals surface area contributed by atoms with E-state index in [4.69, 9.17) is 4.74 Å². The number of sulfonamides is 1. The lowest BCUT2D eigenvalue weighted by atomic mass is 10.1. The lowest BCUT2D eigenvalue weighted by Gasteiger charge is -2.26. The van der Waals surface area contributed by atoms with Crippen LogP contribution in [-0.4, -0.2) is 42.0 Å². The van der Waals surface area contributed by atoms with Crippen molar-refractivity contribution >= 4 is 31.9 Å². The first kappa shape index (κ1) is 17.1. The van der Waals surface area contributed by atoms with Crippen LogP contribution in [0.1, 0.15) is 28.7 Å². The maximum absolute atomic E-state index is 12.8. The van der Waals surface area contributed by atoms with Gasteiger partial charge in [0.15, 0.2) is 5.69 Å². The summed E-state index contributed by atoms with van der Waals surface area (Å²) in [5, 5.41) is 6.80. The highest BCUT2D eigenvalue weighted by Gasteiger charge is 2.32. The topological polar surface area (TPSA) is 92.4 Å². The molecule has 0 radical (unpaired) electrons. The normalized spacial score (nSPS) is 15.1. The summed E-state index contributed by atoms with van der Waals surface area (Å²) >= 11 is 3.29. The van der Waals surface area contributed by atoms with Gasteiger partial charge in [0.2, 0.25) is 10.0 Å². The Balaban J connectivity index is 1.90. The van der Waals surface area contributed by atoms with Crippen LogP contribution in [0.5, 0.6) is 0 Å². The highest BCUT2D eigenvalue weighted by molar-refractivity contribution is 9.10. The summed E-state index contributed by atoms with van der Waals surface area (Å²) in [6.07, 6.45) is 0.470. The van der Waals surface area contributed by atoms with Gasteiger partial charge in [0.05, 0.1) is 11.5 Å². The number of rotatable bonds is 4. The van der Waals surface area contributed by atoms with Crippen LogP contribution in [0.25, 0.3) is 0 Å². The van der Waals surface area contributed by atoms with Crippen LogP contribution in [-0.2, 0) is 27.7 Å². The summed E-state index contributed by atoms with van der Waals surface area (Å²) in [6, 6.07) is 6.47. The van der Waals surface area contributed by atoms with Crippen LogP contribution >= 0.6 is 15.9 Å². The Labute approximate surface area is 148 Å². The van der Waals surface area contributed by atoms with Crippen molar-refractivity contribution in [3.05, 3.63) is 45.7 Å². The number of hydrogen-bond donors (Lipinski definition) is 1. The van der Waals surface area contributed by atoms with Crippen molar-refractivity contribution in [2.75, 3.05) is 13.2 Å². The zero-order valence-corrected chi connectivity index (χ0v) is 15.4. The molecule has 0 unspecified atom stereocenters. The van der Waals surface area contributed by atoms with E-state index in [1.165, 1.54) is 4.31 Å². The number of aromatic nitrogens is 2. The molecule has 9 heteroatoms. The molecule has 2 aromatic rings. The second kappa shape index (κ2) is 6.66. The maximum Gasteiger partial charge on any atom is 0.359 e. The molecular weight excluding hydrogens is 398 g/mol. The Bertz CT molecular complexity index is 861. The van der Waals surface area contributed by atoms with E-state index in [2.05, 4.69) is 26.1 Å². The highest BCUT2D eigenvalue weighted by Crippen LogP contribution is 2.26. The largest absolute Gasteiger partial charge is 0.461 e. The van der Waals surface area contributed by atoms with Crippen LogP contribution in [0.3, 0.4) is 0 Å². The van der Waals surface area contributed by atoms with E-state index in [9.17, 15) is 13.2 Å². The molecule has 1 aromatic heterocycles. The second-order valence-corrected chi connectivity index (χ2v) is 8.15. The molecule has 1 aliphatic heterocycles. The van der Waals surface area contributed by atoms with Crippen molar-refractivity contribution in [2.24, 2.45) is 0 Å². The molecular formula is C15H16BrN3O4S. The summed E-state index contributed by atoms with van der Waals surface area (Å²) in [7, 11) is -3.64. The Morgan fingerprint density at radius 3 is 2.75 bits per heavy atom. The fourth-order valence-electron chi connectivity index (χ4n) is 2.60. The fraction of sp³-hybridized carbons (Fsp3) is 0.333. The fourth-order valence-corrected chi connectivity index (χ4v) is 4.27. The Kier molecular flexibility index (Phi) is 4.75. The maximum atomic E-state index is 12.8. The predicted octanol–water partition coefficient (Wildman–Crippen LogP) is 2.10. The lowest BCUT2D eigenvalue weighted by Crippen LogP contribution is -2.36. The number of nitrogens with zero attached hydrogens (tertiary/aromatic N) is 2. The summed E-state index contributed by atoms with van der Waals surface area (Å²) in [6.45, 7) is 2.37. The number of fused-ring (bicyclic) bond motifs is 1. The third-order valence-electron chi connectivity index (χ3n) is 3.82. The molecule has 1 aromatic carbocycles. The number of halogens is 1. The number of ether oxygens (including phenoxy) is 1. The van der Waals surface area contributed by atoms with Crippen LogP contribution in [0.4, 0.5) is 0 Å². The molecule has 0 bridgehead atoms. The van der Waals surface area contributed by atoms with Crippen molar-refractivity contribution in [1.82, 2.24) is 14.5 Å². The van der Waals surface area contributed by atoms with Crippen molar-refractivity contribution in [3.8, 4) is 0 Å². The minimum Gasteiger partial charge on any atom is -0.461 e. The van der Waals surface area contributed by atoms with E-state index < -0.39 is 16.0 Å². The van der Waals surface area contributed by atoms with Gasteiger partial charge < -0.3 is 4.74 Å². The van der Waals surface area contributed by atoms with Crippen LogP contribution in [0, 0.1) is 0 Å². The third kappa shape index (κ3) is 3.11. The summed E-state index contributed by atoms with van der Waals surface area (Å²) in [4.78, 5) is 12.2. The van der Waals surface area contributed by atoms with Crippen molar-refractivity contribution in [3.63, 3.8) is 0 Å². The average Bonchev–Trinajstić information content (AvgIpc) is 2.98. The zero-order chi connectivity index (χ0) is 17.3. The molecule has 0 saturated heterocycles. The van der Waals surface area contributed by atoms with Gasteiger partial charge >= 0.3 is 5.97 Å². The molecule has 1 N–H and O–H groups in total. The monoisotopic (exact) mass is 413 g/mol. The van der Waals surface area contributed by atoms with E-state index in [1.54, 1.807) is 31.2 Å². The van der Waals surface area contributed by atoms with Gasteiger partial charge in [0.25, 0.3) is 0 Å². The smallest absolute Gasteiger partial charge is 0.359 e. The minimum absolute atomic E-state index is 0.0956. The van der Waals surface area contributed by atoms with Crippen molar-refractivity contribution < 1.29 is 17.9 Å². The van der Waals surface area contributed by atoms with Gasteiger partial charge in [0, 0.05) is 35.2 Å². The number of aromatic amines is 1. The van der Waals surface area contributed by atoms with E-state index in [0.717, 1.165) is 10.2 Å². The van der Waals surface area contributed by atoms with Gasteiger partial charge in [-0.2, -0.15) is 9.40 Å². The number of hydrogen-bond acceptors (Lipinski definition) is 5. The molecule has 2 heterocycles. The highest BCUT2D eigenvalue weighted by atomic mass is 79.9. The minimum atomic E-state index is -3.64. The number of carbonyl (C=O) groups excluding carboxylic acids is 1. The molecule has 3 rings (SSSR count). The molecule has 24 heavy (non-hydrogen) atoms. The van der Waals surface area contributed by atoms with Gasteiger partial charge in [-0.3, -0.25) is 5.10 Å². The Morgan fingerprint density at radius 2 is 2.08 bits per heavy atom. The molecule has 0 amide bonds. The summed E-state index contributed by atoms with van der Waals surface area (Å²) in [5.74, 6) is -0.544. The molecule has 0 saturated carbocycles. The second-order valence-electron chi connectivity index (χ2n) is 5.29. The molecule has 7 nitrogen and oxygen atoms in total. The molecule has 1 aliphatic rings. The van der Waals surface area contributed by atoms with E-state index in [0.29, 0.717) is 18.5 Å². The standard InChI is InChI=1S/C15H16BrN3O4S/c1-2-23-15(20)14-12-9-19(8-7-13(12)17-18-14)24(21,22)11-5-3-10(16)4-6-11/h3-6H,2,7-9H2,1H3,(H,17,18). The molecule has 0 spiro atoms. The molecule has 128 valence electrons. The Hall–Kier alpha value is -1.71. The Morgan fingerprint density at radius 1 is 1.38 bits per heavy atom. The lowest BCUT2D eigenvalue weighted by molar-refractivity contribution is 0.0517. The first-order chi connectivity index (χ1) is 11.4. The van der Waals surface area contributed by atoms with E-state index in [-0.39, 0.29) is 23.7 Å². The predicted molar refractivity (Wildman–Crippen MR) is 90.0 cm³/mol. The number of benzene rings is 1. The first-order valence-corrected chi connectivity index (χ1v) is 9.65. The van der Waals surface area contributed by atoms with Crippen LogP contribution in [0.15, 0.2) is 33.6 Å². The molecule has 0 aliphatic carbocycles. The number of carbonyl (C=O) groups is 1. The SMILES string of the molecule is CCOC(=O)c1n[nH]c2c1CN(S(=O)(=O)c1ccc(Br)cc1)CC2. The number of nitrogens with one attached hydrogen (secondary N) is 1. The third-order valence-corrected chi connectivity index (χ3v) is 6.21. The summed E-state index contributed by atoms with van der Waals surface area (Å²) in [5.41, 5.74) is 1.52. The number of esters is 1. The van der Waals surface area contributed by atoms with Crippen molar-refractivity contribution in [1.29, 1.82) is 0 Å². The van der Waals surface area contributed by atoms with Crippen LogP contribution in [0.2, 0.25) is 0 Å². The van der Waals surface area contributed by atoms with Gasteiger partial charge in [0.1, 0.15) is 0 Å². The first-order valence-electron chi connectivity index (χ1n) is 7.42. The van der Waals surface area contributed by atoms with Crippen LogP contribution < -0.4 is 0 Å². The summed E-state index contributed by atoms with van der Waals surface area (Å²) < 4.78 is 32.7. The quantitative estimate of drug-likeness (QED) is 0.774. The zero-order valence-electron chi connectivity index (χ0n) is 13.0. The van der Waals surface area contributed by atoms with Gasteiger partial charge in [-0.1, -0.05) is 15.9 Å². The van der Waals surface area contributed by atoms with E-state index >= 15 is 0 Å². The molecule has 0 atom stereocenters. The average molecular weight is 414 g/mol. The van der Waals surface area contributed by atoms with Gasteiger partial charge in [-0.05, 0) is 31.2 Å². The molecule has 0 fully saturated rings. The van der Waals surface area contributed by atoms with E-state index in [1.807, 2.05) is 0 Å². The van der Waals surface area contributed by atoms with Gasteiger partial charge in [-0.25, -0.2) is 13.2 Å².